The Balaban J connectivity index is 1.75. The number of hydrogen-bond acceptors (Lipinski definition) is 8. The van der Waals surface area contributed by atoms with Crippen LogP contribution in [0.25, 0.3) is 0 Å². The highest BCUT2D eigenvalue weighted by atomic mass is 32.1. The molecule has 11 nitrogen and oxygen atoms in total. The number of likely N-dealkylation sites (N-methyl/N-ethyl adjacent to an activating group) is 1. The van der Waals surface area contributed by atoms with Gasteiger partial charge in [-0.3, -0.25) is 19.3 Å². The van der Waals surface area contributed by atoms with Crippen LogP contribution in [0.1, 0.15) is 100 Å². The molecule has 12 heteroatoms. The highest BCUT2D eigenvalue weighted by Gasteiger charge is 2.37. The van der Waals surface area contributed by atoms with Crippen LogP contribution in [0.2, 0.25) is 0 Å². The van der Waals surface area contributed by atoms with Crippen LogP contribution in [0.4, 0.5) is 0 Å². The zero-order valence-electron chi connectivity index (χ0n) is 28.6. The number of aliphatic carboxylic acids is 1. The largest absolute Gasteiger partial charge is 0.480 e. The molecule has 2 unspecified atom stereocenters. The SMILES string of the molecule is CCCN(C(=O)[C@@H](NC(=O)C1CCCCN1C)C(C)CC)[C@H](C[C@@H](O)c1nc(C(=O)N[C@@H](Cc2ccccc2)C(=O)O)cs1)C(C)C. The van der Waals surface area contributed by atoms with E-state index in [0.717, 1.165) is 42.7 Å². The van der Waals surface area contributed by atoms with Gasteiger partial charge in [0.25, 0.3) is 5.91 Å². The Morgan fingerprint density at radius 1 is 1.09 bits per heavy atom. The predicted molar refractivity (Wildman–Crippen MR) is 183 cm³/mol. The number of carboxylic acid groups (broad SMARTS) is 1. The van der Waals surface area contributed by atoms with Crippen molar-refractivity contribution in [2.24, 2.45) is 11.8 Å². The molecule has 6 atom stereocenters. The Bertz CT molecular complexity index is 1320. The molecule has 3 rings (SSSR count). The predicted octanol–water partition coefficient (Wildman–Crippen LogP) is 4.27. The summed E-state index contributed by atoms with van der Waals surface area (Å²) in [5, 5.41) is 28.5. The molecule has 3 amide bonds. The van der Waals surface area contributed by atoms with Gasteiger partial charge in [0.1, 0.15) is 28.9 Å². The van der Waals surface area contributed by atoms with Crippen LogP contribution in [0.3, 0.4) is 0 Å². The number of carbonyl (C=O) groups is 4. The molecule has 1 aliphatic rings. The van der Waals surface area contributed by atoms with E-state index in [1.54, 1.807) is 29.2 Å². The summed E-state index contributed by atoms with van der Waals surface area (Å²) in [5.74, 6) is -2.18. The first kappa shape index (κ1) is 38.1. The van der Waals surface area contributed by atoms with Gasteiger partial charge in [-0.25, -0.2) is 9.78 Å². The number of nitrogens with one attached hydrogen (secondary N) is 2. The molecule has 4 N–H and O–H groups in total. The van der Waals surface area contributed by atoms with Crippen LogP contribution in [0.5, 0.6) is 0 Å². The molecule has 0 radical (unpaired) electrons. The summed E-state index contributed by atoms with van der Waals surface area (Å²) < 4.78 is 0. The Morgan fingerprint density at radius 2 is 1.79 bits per heavy atom. The first-order valence-electron chi connectivity index (χ1n) is 16.9. The van der Waals surface area contributed by atoms with E-state index in [-0.39, 0.29) is 54.3 Å². The van der Waals surface area contributed by atoms with Crippen LogP contribution in [0, 0.1) is 11.8 Å². The molecule has 0 saturated carbocycles. The van der Waals surface area contributed by atoms with Gasteiger partial charge in [-0.1, -0.05) is 77.8 Å². The summed E-state index contributed by atoms with van der Waals surface area (Å²) in [7, 11) is 1.95. The number of carbonyl (C=O) groups excluding carboxylic acids is 3. The van der Waals surface area contributed by atoms with Crippen molar-refractivity contribution in [3.8, 4) is 0 Å². The highest BCUT2D eigenvalue weighted by Crippen LogP contribution is 2.29. The van der Waals surface area contributed by atoms with Crippen molar-refractivity contribution >= 4 is 35.0 Å². The number of aliphatic hydroxyl groups excluding tert-OH is 1. The maximum absolute atomic E-state index is 14.3. The highest BCUT2D eigenvalue weighted by molar-refractivity contribution is 7.09. The number of likely N-dealkylation sites (tertiary alicyclic amines) is 1. The molecule has 1 fully saturated rings. The summed E-state index contributed by atoms with van der Waals surface area (Å²) in [5.41, 5.74) is 0.801. The minimum atomic E-state index is -1.16. The number of carboxylic acids is 1. The summed E-state index contributed by atoms with van der Waals surface area (Å²) in [6, 6.07) is 6.59. The normalized spacial score (nSPS) is 18.5. The quantitative estimate of drug-likeness (QED) is 0.195. The Kier molecular flexibility index (Phi) is 14.8. The molecule has 1 saturated heterocycles. The van der Waals surface area contributed by atoms with E-state index >= 15 is 0 Å². The van der Waals surface area contributed by atoms with Gasteiger partial charge in [0.2, 0.25) is 11.8 Å². The average Bonchev–Trinajstić information content (AvgIpc) is 3.55. The van der Waals surface area contributed by atoms with Crippen molar-refractivity contribution in [1.82, 2.24) is 25.4 Å². The molecule has 0 bridgehead atoms. The van der Waals surface area contributed by atoms with E-state index in [1.165, 1.54) is 5.38 Å². The van der Waals surface area contributed by atoms with Crippen molar-refractivity contribution in [2.45, 2.75) is 110 Å². The zero-order valence-corrected chi connectivity index (χ0v) is 29.5. The minimum Gasteiger partial charge on any atom is -0.480 e. The van der Waals surface area contributed by atoms with Gasteiger partial charge in [0.05, 0.1) is 6.04 Å². The Hall–Kier alpha value is -3.35. The van der Waals surface area contributed by atoms with Crippen molar-refractivity contribution in [3.05, 3.63) is 52.0 Å². The maximum Gasteiger partial charge on any atom is 0.326 e. The van der Waals surface area contributed by atoms with Gasteiger partial charge in [0.15, 0.2) is 0 Å². The third kappa shape index (κ3) is 10.6. The van der Waals surface area contributed by atoms with Gasteiger partial charge in [-0.05, 0) is 50.3 Å². The number of nitrogens with zero attached hydrogens (tertiary/aromatic N) is 3. The van der Waals surface area contributed by atoms with Crippen LogP contribution < -0.4 is 10.6 Å². The number of amides is 3. The number of aliphatic hydroxyl groups is 1. The van der Waals surface area contributed by atoms with E-state index in [2.05, 4.69) is 20.5 Å². The third-order valence-electron chi connectivity index (χ3n) is 9.16. The molecule has 2 heterocycles. The first-order chi connectivity index (χ1) is 22.4. The van der Waals surface area contributed by atoms with Crippen molar-refractivity contribution < 1.29 is 29.4 Å². The molecule has 260 valence electrons. The maximum atomic E-state index is 14.3. The lowest BCUT2D eigenvalue weighted by Gasteiger charge is -2.39. The fourth-order valence-corrected chi connectivity index (χ4v) is 6.91. The summed E-state index contributed by atoms with van der Waals surface area (Å²) in [6.07, 6.45) is 3.46. The number of thiazole rings is 1. The van der Waals surface area contributed by atoms with Gasteiger partial charge >= 0.3 is 5.97 Å². The summed E-state index contributed by atoms with van der Waals surface area (Å²) in [4.78, 5) is 60.8. The zero-order chi connectivity index (χ0) is 34.7. The first-order valence-corrected chi connectivity index (χ1v) is 17.8. The third-order valence-corrected chi connectivity index (χ3v) is 10.1. The van der Waals surface area contributed by atoms with E-state index in [1.807, 2.05) is 47.7 Å². The van der Waals surface area contributed by atoms with Crippen LogP contribution in [-0.4, -0.2) is 93.0 Å². The van der Waals surface area contributed by atoms with Gasteiger partial charge in [-0.2, -0.15) is 0 Å². The number of aromatic nitrogens is 1. The fourth-order valence-electron chi connectivity index (χ4n) is 6.11. The fraction of sp³-hybridized carbons (Fsp3) is 0.629. The number of hydrogen-bond donors (Lipinski definition) is 4. The molecule has 1 aromatic carbocycles. The van der Waals surface area contributed by atoms with E-state index < -0.39 is 30.1 Å². The molecule has 47 heavy (non-hydrogen) atoms. The van der Waals surface area contributed by atoms with Crippen LogP contribution >= 0.6 is 11.3 Å². The summed E-state index contributed by atoms with van der Waals surface area (Å²) in [6.45, 7) is 11.3. The Labute approximate surface area is 283 Å². The topological polar surface area (TPSA) is 152 Å². The Morgan fingerprint density at radius 3 is 2.38 bits per heavy atom. The number of benzene rings is 1. The van der Waals surface area contributed by atoms with Crippen LogP contribution in [0.15, 0.2) is 35.7 Å². The van der Waals surface area contributed by atoms with Gasteiger partial charge in [0, 0.05) is 30.8 Å². The van der Waals surface area contributed by atoms with E-state index in [9.17, 15) is 29.4 Å². The van der Waals surface area contributed by atoms with E-state index in [0.29, 0.717) is 24.4 Å². The van der Waals surface area contributed by atoms with Gasteiger partial charge in [-0.15, -0.1) is 11.3 Å². The molecular weight excluding hydrogens is 618 g/mol. The second-order valence-corrected chi connectivity index (χ2v) is 14.0. The van der Waals surface area contributed by atoms with Crippen molar-refractivity contribution in [2.75, 3.05) is 20.1 Å². The monoisotopic (exact) mass is 671 g/mol. The second kappa shape index (κ2) is 18.3. The lowest BCUT2D eigenvalue weighted by atomic mass is 9.92. The smallest absolute Gasteiger partial charge is 0.326 e. The molecule has 2 aromatic rings. The van der Waals surface area contributed by atoms with Crippen molar-refractivity contribution in [1.29, 1.82) is 0 Å². The lowest BCUT2D eigenvalue weighted by Crippen LogP contribution is -2.58. The van der Waals surface area contributed by atoms with E-state index in [4.69, 9.17) is 0 Å². The number of piperidine rings is 1. The summed E-state index contributed by atoms with van der Waals surface area (Å²) >= 11 is 1.12. The molecule has 0 aliphatic carbocycles. The molecule has 1 aromatic heterocycles. The minimum absolute atomic E-state index is 0.0186. The molecule has 0 spiro atoms. The molecule has 1 aliphatic heterocycles. The standard InChI is InChI=1S/C35H53N5O6S/c1-7-17-40(34(44)30(23(5)8-2)38-32(43)27-16-12-13-18-39(27)6)28(22(3)4)20-29(41)33-37-26(21-47-33)31(42)36-25(35(45)46)19-24-14-10-9-11-15-24/h9-11,14-15,21-23,25,27-30,41H,7-8,12-13,16-20H2,1-6H3,(H,36,42)(H,38,43)(H,45,46)/t23?,25-,27?,28+,29+,30-/m0/s1. The number of rotatable bonds is 17. The average molecular weight is 672 g/mol. The van der Waals surface area contributed by atoms with Crippen LogP contribution in [-0.2, 0) is 20.8 Å². The lowest BCUT2D eigenvalue weighted by molar-refractivity contribution is -0.142. The molecular formula is C35H53N5O6S. The second-order valence-electron chi connectivity index (χ2n) is 13.1. The van der Waals surface area contributed by atoms with Crippen molar-refractivity contribution in [3.63, 3.8) is 0 Å². The van der Waals surface area contributed by atoms with Gasteiger partial charge < -0.3 is 25.7 Å².